The molecule has 134 valence electrons. The minimum Gasteiger partial charge on any atom is -0.378 e. The fourth-order valence-corrected chi connectivity index (χ4v) is 3.37. The Morgan fingerprint density at radius 1 is 0.885 bits per heavy atom. The van der Waals surface area contributed by atoms with Crippen molar-refractivity contribution in [2.45, 2.75) is 5.60 Å². The standard InChI is InChI=1S/C21H18Cl2FNO/c1-25(2)16-11-12-20(24)18(13-16)21(26,14-7-9-15(22)10-8-14)17-5-3-4-6-19(17)23/h3-13,26H,1-2H3. The number of benzene rings is 3. The van der Waals surface area contributed by atoms with Crippen molar-refractivity contribution in [2.75, 3.05) is 19.0 Å². The van der Waals surface area contributed by atoms with Crippen molar-refractivity contribution >= 4 is 28.9 Å². The first-order valence-electron chi connectivity index (χ1n) is 8.05. The second kappa shape index (κ2) is 7.28. The quantitative estimate of drug-likeness (QED) is 0.596. The van der Waals surface area contributed by atoms with E-state index in [0.717, 1.165) is 5.69 Å². The molecule has 3 rings (SSSR count). The first-order chi connectivity index (χ1) is 12.3. The van der Waals surface area contributed by atoms with E-state index in [-0.39, 0.29) is 5.56 Å². The SMILES string of the molecule is CN(C)c1ccc(F)c(C(O)(c2ccc(Cl)cc2)c2ccccc2Cl)c1. The summed E-state index contributed by atoms with van der Waals surface area (Å²) in [7, 11) is 3.71. The van der Waals surface area contributed by atoms with Gasteiger partial charge in [-0.05, 0) is 42.0 Å². The Balaban J connectivity index is 2.34. The van der Waals surface area contributed by atoms with Crippen molar-refractivity contribution in [3.63, 3.8) is 0 Å². The van der Waals surface area contributed by atoms with Crippen LogP contribution in [0.5, 0.6) is 0 Å². The van der Waals surface area contributed by atoms with Crippen molar-refractivity contribution in [1.82, 2.24) is 0 Å². The summed E-state index contributed by atoms with van der Waals surface area (Å²) in [5.41, 5.74) is 0.00234. The Hall–Kier alpha value is -2.07. The highest BCUT2D eigenvalue weighted by molar-refractivity contribution is 6.31. The first kappa shape index (κ1) is 18.7. The van der Waals surface area contributed by atoms with Gasteiger partial charge in [-0.1, -0.05) is 53.5 Å². The van der Waals surface area contributed by atoms with Gasteiger partial charge in [0.2, 0.25) is 0 Å². The molecule has 0 aromatic heterocycles. The zero-order valence-electron chi connectivity index (χ0n) is 14.4. The molecule has 0 aliphatic rings. The van der Waals surface area contributed by atoms with E-state index in [1.165, 1.54) is 6.07 Å². The molecule has 0 aliphatic carbocycles. The molecule has 26 heavy (non-hydrogen) atoms. The summed E-state index contributed by atoms with van der Waals surface area (Å²) in [6.45, 7) is 0. The number of halogens is 3. The maximum absolute atomic E-state index is 14.9. The molecule has 0 bridgehead atoms. The van der Waals surface area contributed by atoms with E-state index in [0.29, 0.717) is 21.2 Å². The Morgan fingerprint density at radius 2 is 1.54 bits per heavy atom. The molecule has 0 aliphatic heterocycles. The molecule has 5 heteroatoms. The summed E-state index contributed by atoms with van der Waals surface area (Å²) < 4.78 is 14.9. The zero-order valence-corrected chi connectivity index (χ0v) is 15.9. The van der Waals surface area contributed by atoms with Crippen LogP contribution in [0.4, 0.5) is 10.1 Å². The second-order valence-corrected chi connectivity index (χ2v) is 7.10. The average Bonchev–Trinajstić information content (AvgIpc) is 2.62. The Morgan fingerprint density at radius 3 is 2.15 bits per heavy atom. The predicted molar refractivity (Wildman–Crippen MR) is 106 cm³/mol. The van der Waals surface area contributed by atoms with Gasteiger partial charge in [0.25, 0.3) is 0 Å². The minimum atomic E-state index is -1.76. The fourth-order valence-electron chi connectivity index (χ4n) is 2.97. The molecular formula is C21H18Cl2FNO. The average molecular weight is 390 g/mol. The van der Waals surface area contributed by atoms with Gasteiger partial charge in [-0.2, -0.15) is 0 Å². The van der Waals surface area contributed by atoms with Gasteiger partial charge >= 0.3 is 0 Å². The topological polar surface area (TPSA) is 23.5 Å². The Kier molecular flexibility index (Phi) is 5.24. The van der Waals surface area contributed by atoms with Crippen LogP contribution in [0.3, 0.4) is 0 Å². The lowest BCUT2D eigenvalue weighted by Crippen LogP contribution is -2.31. The monoisotopic (exact) mass is 389 g/mol. The molecule has 0 heterocycles. The van der Waals surface area contributed by atoms with E-state index in [9.17, 15) is 9.50 Å². The minimum absolute atomic E-state index is 0.124. The number of anilines is 1. The largest absolute Gasteiger partial charge is 0.378 e. The van der Waals surface area contributed by atoms with Gasteiger partial charge in [0.1, 0.15) is 11.4 Å². The molecular weight excluding hydrogens is 372 g/mol. The van der Waals surface area contributed by atoms with Gasteiger partial charge in [0.05, 0.1) is 0 Å². The van der Waals surface area contributed by atoms with Crippen LogP contribution >= 0.6 is 23.2 Å². The van der Waals surface area contributed by atoms with E-state index in [1.54, 1.807) is 60.7 Å². The molecule has 0 saturated carbocycles. The lowest BCUT2D eigenvalue weighted by molar-refractivity contribution is 0.121. The molecule has 3 aromatic carbocycles. The zero-order chi connectivity index (χ0) is 18.9. The van der Waals surface area contributed by atoms with E-state index in [4.69, 9.17) is 23.2 Å². The van der Waals surface area contributed by atoms with Gasteiger partial charge < -0.3 is 10.0 Å². The van der Waals surface area contributed by atoms with E-state index >= 15 is 0 Å². The van der Waals surface area contributed by atoms with Crippen molar-refractivity contribution in [2.24, 2.45) is 0 Å². The van der Waals surface area contributed by atoms with Gasteiger partial charge in [0.15, 0.2) is 0 Å². The van der Waals surface area contributed by atoms with Gasteiger partial charge in [-0.3, -0.25) is 0 Å². The van der Waals surface area contributed by atoms with Crippen molar-refractivity contribution in [3.05, 3.63) is 99.3 Å². The van der Waals surface area contributed by atoms with Crippen LogP contribution in [-0.4, -0.2) is 19.2 Å². The Bertz CT molecular complexity index is 928. The maximum Gasteiger partial charge on any atom is 0.144 e. The number of aliphatic hydroxyl groups is 1. The molecule has 1 atom stereocenters. The maximum atomic E-state index is 14.9. The van der Waals surface area contributed by atoms with Crippen LogP contribution in [0, 0.1) is 5.82 Å². The lowest BCUT2D eigenvalue weighted by atomic mass is 9.80. The van der Waals surface area contributed by atoms with Crippen LogP contribution in [0.15, 0.2) is 66.7 Å². The molecule has 0 saturated heterocycles. The molecule has 1 N–H and O–H groups in total. The fraction of sp³-hybridized carbons (Fsp3) is 0.143. The summed E-state index contributed by atoms with van der Waals surface area (Å²) in [5, 5.41) is 12.7. The van der Waals surface area contributed by atoms with Crippen LogP contribution in [0.25, 0.3) is 0 Å². The molecule has 1 unspecified atom stereocenters. The van der Waals surface area contributed by atoms with Crippen molar-refractivity contribution in [3.8, 4) is 0 Å². The number of rotatable bonds is 4. The van der Waals surface area contributed by atoms with Crippen LogP contribution in [0.1, 0.15) is 16.7 Å². The van der Waals surface area contributed by atoms with Crippen LogP contribution < -0.4 is 4.90 Å². The molecule has 0 amide bonds. The third-order valence-corrected chi connectivity index (χ3v) is 4.96. The normalized spacial score (nSPS) is 13.3. The highest BCUT2D eigenvalue weighted by Gasteiger charge is 2.38. The van der Waals surface area contributed by atoms with Gasteiger partial charge in [-0.25, -0.2) is 4.39 Å². The van der Waals surface area contributed by atoms with E-state index in [2.05, 4.69) is 0 Å². The Labute approximate surface area is 162 Å². The van der Waals surface area contributed by atoms with Crippen LogP contribution in [-0.2, 0) is 5.60 Å². The van der Waals surface area contributed by atoms with Gasteiger partial charge in [-0.15, -0.1) is 0 Å². The molecule has 3 aromatic rings. The first-order valence-corrected chi connectivity index (χ1v) is 8.80. The summed E-state index contributed by atoms with van der Waals surface area (Å²) in [4.78, 5) is 1.85. The number of nitrogens with zero attached hydrogens (tertiary/aromatic N) is 1. The van der Waals surface area contributed by atoms with Gasteiger partial charge in [0, 0.05) is 41.0 Å². The molecule has 2 nitrogen and oxygen atoms in total. The highest BCUT2D eigenvalue weighted by atomic mass is 35.5. The summed E-state index contributed by atoms with van der Waals surface area (Å²) in [6, 6.07) is 18.2. The van der Waals surface area contributed by atoms with Crippen molar-refractivity contribution < 1.29 is 9.50 Å². The molecule has 0 fully saturated rings. The third-order valence-electron chi connectivity index (χ3n) is 4.38. The van der Waals surface area contributed by atoms with Crippen LogP contribution in [0.2, 0.25) is 10.0 Å². The molecule has 0 radical (unpaired) electrons. The smallest absolute Gasteiger partial charge is 0.144 e. The van der Waals surface area contributed by atoms with E-state index in [1.807, 2.05) is 19.0 Å². The summed E-state index contributed by atoms with van der Waals surface area (Å²) in [5.74, 6) is -0.520. The van der Waals surface area contributed by atoms with E-state index < -0.39 is 11.4 Å². The number of hydrogen-bond donors (Lipinski definition) is 1. The number of hydrogen-bond acceptors (Lipinski definition) is 2. The lowest BCUT2D eigenvalue weighted by Gasteiger charge is -2.32. The van der Waals surface area contributed by atoms with Crippen molar-refractivity contribution in [1.29, 1.82) is 0 Å². The summed E-state index contributed by atoms with van der Waals surface area (Å²) in [6.07, 6.45) is 0. The molecule has 0 spiro atoms. The highest BCUT2D eigenvalue weighted by Crippen LogP contribution is 2.42. The second-order valence-electron chi connectivity index (χ2n) is 6.26. The third kappa shape index (κ3) is 3.30. The summed E-state index contributed by atoms with van der Waals surface area (Å²) >= 11 is 12.4. The predicted octanol–water partition coefficient (Wildman–Crippen LogP) is 5.48.